The zero-order valence-electron chi connectivity index (χ0n) is 22.4. The van der Waals surface area contributed by atoms with Gasteiger partial charge in [-0.3, -0.25) is 9.59 Å². The lowest BCUT2D eigenvalue weighted by molar-refractivity contribution is -0.160. The van der Waals surface area contributed by atoms with Gasteiger partial charge in [0.05, 0.1) is 23.7 Å². The summed E-state index contributed by atoms with van der Waals surface area (Å²) >= 11 is 0. The standard InChI is InChI=1S/C24H30O8.C4H9N/c1-6-12-18-21(28)20(27)17-13-7-8-15(26)23(13,3)9-14(31-11(2)25)19(17)24(18,4)16(10-30-5)32-22(12)29;1-2-4-5-3-1/h6,13-16,26,28H,7-10H2,1-5H3;5H,1-4H2/b12-6+;. The summed E-state index contributed by atoms with van der Waals surface area (Å²) in [7, 11) is 1.48. The van der Waals surface area contributed by atoms with Gasteiger partial charge in [-0.1, -0.05) is 13.0 Å². The van der Waals surface area contributed by atoms with E-state index in [0.29, 0.717) is 30.4 Å². The van der Waals surface area contributed by atoms with Gasteiger partial charge in [-0.05, 0) is 70.5 Å². The molecule has 3 N–H and O–H groups in total. The van der Waals surface area contributed by atoms with Gasteiger partial charge in [-0.15, -0.1) is 0 Å². The molecule has 0 aromatic rings. The van der Waals surface area contributed by atoms with E-state index < -0.39 is 52.6 Å². The number of methoxy groups -OCH3 is 1. The van der Waals surface area contributed by atoms with Crippen LogP contribution in [-0.2, 0) is 28.6 Å². The topological polar surface area (TPSA) is 131 Å². The van der Waals surface area contributed by atoms with Gasteiger partial charge in [0, 0.05) is 30.6 Å². The fourth-order valence-corrected chi connectivity index (χ4v) is 7.04. The number of ketones is 1. The lowest BCUT2D eigenvalue weighted by Gasteiger charge is -2.54. The van der Waals surface area contributed by atoms with Crippen molar-refractivity contribution in [3.05, 3.63) is 34.1 Å². The van der Waals surface area contributed by atoms with E-state index in [9.17, 15) is 24.6 Å². The monoisotopic (exact) mass is 517 g/mol. The van der Waals surface area contributed by atoms with Crippen molar-refractivity contribution in [2.75, 3.05) is 26.8 Å². The summed E-state index contributed by atoms with van der Waals surface area (Å²) in [5.41, 5.74) is -0.640. The average molecular weight is 518 g/mol. The minimum Gasteiger partial charge on any atom is -0.504 e. The van der Waals surface area contributed by atoms with Crippen LogP contribution in [-0.4, -0.2) is 73.1 Å². The van der Waals surface area contributed by atoms with Crippen molar-refractivity contribution in [1.82, 2.24) is 5.32 Å². The maximum atomic E-state index is 13.6. The average Bonchev–Trinajstić information content (AvgIpc) is 3.51. The van der Waals surface area contributed by atoms with Crippen LogP contribution in [0.25, 0.3) is 0 Å². The Morgan fingerprint density at radius 3 is 2.43 bits per heavy atom. The maximum absolute atomic E-state index is 13.6. The van der Waals surface area contributed by atoms with Crippen molar-refractivity contribution in [3.8, 4) is 0 Å². The van der Waals surface area contributed by atoms with Gasteiger partial charge < -0.3 is 29.7 Å². The van der Waals surface area contributed by atoms with Crippen LogP contribution in [0.3, 0.4) is 0 Å². The minimum atomic E-state index is -1.14. The molecule has 0 aromatic carbocycles. The highest BCUT2D eigenvalue weighted by Gasteiger charge is 2.64. The molecule has 0 bridgehead atoms. The molecule has 0 aromatic heterocycles. The predicted molar refractivity (Wildman–Crippen MR) is 134 cm³/mol. The van der Waals surface area contributed by atoms with Crippen LogP contribution in [0, 0.1) is 16.7 Å². The normalized spacial score (nSPS) is 37.9. The third kappa shape index (κ3) is 4.34. The first-order chi connectivity index (χ1) is 17.5. The Bertz CT molecular complexity index is 1060. The molecule has 1 saturated carbocycles. The predicted octanol–water partition coefficient (Wildman–Crippen LogP) is 2.68. The van der Waals surface area contributed by atoms with E-state index >= 15 is 0 Å². The van der Waals surface area contributed by atoms with Gasteiger partial charge in [-0.25, -0.2) is 4.79 Å². The van der Waals surface area contributed by atoms with E-state index in [1.54, 1.807) is 13.8 Å². The number of cyclic esters (lactones) is 1. The molecule has 37 heavy (non-hydrogen) atoms. The Morgan fingerprint density at radius 2 is 1.89 bits per heavy atom. The summed E-state index contributed by atoms with van der Waals surface area (Å²) < 4.78 is 16.8. The number of ether oxygens (including phenoxy) is 3. The number of carbonyl (C=O) groups is 3. The van der Waals surface area contributed by atoms with E-state index in [1.807, 2.05) is 6.92 Å². The molecule has 2 saturated heterocycles. The molecule has 3 fully saturated rings. The number of carbonyl (C=O) groups excluding carboxylic acids is 3. The summed E-state index contributed by atoms with van der Waals surface area (Å²) in [6.07, 6.45) is 3.36. The largest absolute Gasteiger partial charge is 0.504 e. The smallest absolute Gasteiger partial charge is 0.338 e. The fraction of sp³-hybridized carbons (Fsp3) is 0.679. The number of aliphatic hydroxyl groups excluding tert-OH is 2. The zero-order chi connectivity index (χ0) is 27.1. The first-order valence-electron chi connectivity index (χ1n) is 13.2. The number of Topliss-reactive ketones (excluding diaryl/α,β-unsaturated/α-hetero) is 1. The van der Waals surface area contributed by atoms with Gasteiger partial charge in [0.25, 0.3) is 0 Å². The highest BCUT2D eigenvalue weighted by molar-refractivity contribution is 6.13. The number of rotatable bonds is 3. The number of hydrogen-bond acceptors (Lipinski definition) is 9. The van der Waals surface area contributed by atoms with Crippen molar-refractivity contribution >= 4 is 17.7 Å². The van der Waals surface area contributed by atoms with Crippen molar-refractivity contribution in [1.29, 1.82) is 0 Å². The summed E-state index contributed by atoms with van der Waals surface area (Å²) in [5, 5.41) is 25.2. The lowest BCUT2D eigenvalue weighted by Crippen LogP contribution is -2.57. The third-order valence-corrected chi connectivity index (χ3v) is 8.90. The van der Waals surface area contributed by atoms with Gasteiger partial charge >= 0.3 is 11.9 Å². The Balaban J connectivity index is 0.000000572. The van der Waals surface area contributed by atoms with Gasteiger partial charge in [0.15, 0.2) is 5.76 Å². The fourth-order valence-electron chi connectivity index (χ4n) is 7.04. The molecule has 5 aliphatic rings. The summed E-state index contributed by atoms with van der Waals surface area (Å²) in [5.74, 6) is -2.56. The minimum absolute atomic E-state index is 0.0261. The van der Waals surface area contributed by atoms with Gasteiger partial charge in [0.2, 0.25) is 5.78 Å². The van der Waals surface area contributed by atoms with Gasteiger partial charge in [0.1, 0.15) is 12.2 Å². The van der Waals surface area contributed by atoms with Crippen molar-refractivity contribution in [3.63, 3.8) is 0 Å². The molecule has 5 rings (SSSR count). The maximum Gasteiger partial charge on any atom is 0.338 e. The van der Waals surface area contributed by atoms with Crippen LogP contribution in [0.2, 0.25) is 0 Å². The second-order valence-electron chi connectivity index (χ2n) is 11.0. The SMILES string of the molecule is C/C=C1/C(=O)OC(COC)C2(C)C1=C(O)C(=O)C1=C2C(OC(C)=O)CC2(C)C(O)CCC12.C1CCNC1. The molecule has 9 nitrogen and oxygen atoms in total. The molecule has 2 aliphatic heterocycles. The zero-order valence-corrected chi connectivity index (χ0v) is 22.4. The van der Waals surface area contributed by atoms with Crippen LogP contribution in [0.1, 0.15) is 59.8 Å². The highest BCUT2D eigenvalue weighted by Crippen LogP contribution is 2.63. The third-order valence-electron chi connectivity index (χ3n) is 8.90. The van der Waals surface area contributed by atoms with E-state index in [-0.39, 0.29) is 23.7 Å². The number of esters is 2. The molecule has 9 heteroatoms. The number of aliphatic hydroxyl groups is 2. The quantitative estimate of drug-likeness (QED) is 0.382. The Morgan fingerprint density at radius 1 is 1.22 bits per heavy atom. The molecule has 6 unspecified atom stereocenters. The molecule has 204 valence electrons. The first kappa shape index (κ1) is 27.5. The number of allylic oxidation sites excluding steroid dienone is 2. The Hall–Kier alpha value is -2.49. The molecule has 0 radical (unpaired) electrons. The molecule has 3 aliphatic carbocycles. The summed E-state index contributed by atoms with van der Waals surface area (Å²) in [6, 6.07) is 0. The Kier molecular flexibility index (Phi) is 7.70. The molecule has 0 spiro atoms. The molecule has 0 amide bonds. The van der Waals surface area contributed by atoms with E-state index in [4.69, 9.17) is 14.2 Å². The van der Waals surface area contributed by atoms with Crippen LogP contribution >= 0.6 is 0 Å². The number of nitrogens with one attached hydrogen (secondary N) is 1. The Labute approximate surface area is 217 Å². The number of hydrogen-bond donors (Lipinski definition) is 3. The summed E-state index contributed by atoms with van der Waals surface area (Å²) in [4.78, 5) is 38.4. The van der Waals surface area contributed by atoms with Crippen LogP contribution in [0.4, 0.5) is 0 Å². The highest BCUT2D eigenvalue weighted by atomic mass is 16.6. The van der Waals surface area contributed by atoms with E-state index in [0.717, 1.165) is 0 Å². The second-order valence-corrected chi connectivity index (χ2v) is 11.0. The van der Waals surface area contributed by atoms with Crippen LogP contribution in [0.15, 0.2) is 34.1 Å². The summed E-state index contributed by atoms with van der Waals surface area (Å²) in [6.45, 7) is 9.15. The van der Waals surface area contributed by atoms with E-state index in [1.165, 1.54) is 46.0 Å². The first-order valence-corrected chi connectivity index (χ1v) is 13.2. The molecular weight excluding hydrogens is 478 g/mol. The molecule has 2 heterocycles. The lowest BCUT2D eigenvalue weighted by atomic mass is 9.53. The van der Waals surface area contributed by atoms with Crippen molar-refractivity contribution in [2.45, 2.75) is 78.1 Å². The second kappa shape index (κ2) is 10.3. The molecule has 6 atom stereocenters. The number of fused-ring (bicyclic) bond motifs is 4. The van der Waals surface area contributed by atoms with Crippen molar-refractivity contribution < 1.29 is 38.8 Å². The molecular formula is C28H39NO8. The van der Waals surface area contributed by atoms with Gasteiger partial charge in [-0.2, -0.15) is 0 Å². The van der Waals surface area contributed by atoms with Crippen molar-refractivity contribution in [2.24, 2.45) is 16.7 Å². The van der Waals surface area contributed by atoms with Crippen LogP contribution < -0.4 is 5.32 Å². The van der Waals surface area contributed by atoms with Crippen LogP contribution in [0.5, 0.6) is 0 Å². The van der Waals surface area contributed by atoms with E-state index in [2.05, 4.69) is 5.32 Å².